The number of nitrogens with one attached hydrogen (secondary N) is 2. The summed E-state index contributed by atoms with van der Waals surface area (Å²) in [5.41, 5.74) is 9.05. The van der Waals surface area contributed by atoms with E-state index in [1.54, 1.807) is 23.1 Å². The molecule has 4 rings (SSSR count). The topological polar surface area (TPSA) is 134 Å². The maximum atomic E-state index is 13.7. The highest BCUT2D eigenvalue weighted by Crippen LogP contribution is 2.25. The first-order valence-electron chi connectivity index (χ1n) is 14.0. The van der Waals surface area contributed by atoms with Gasteiger partial charge in [-0.2, -0.15) is 0 Å². The van der Waals surface area contributed by atoms with Crippen LogP contribution >= 0.6 is 11.6 Å². The Morgan fingerprint density at radius 2 is 1.78 bits per heavy atom. The molecular formula is C30H38ClN5O5. The van der Waals surface area contributed by atoms with Gasteiger partial charge in [0, 0.05) is 43.1 Å². The number of hydrogen-bond donors (Lipinski definition) is 3. The van der Waals surface area contributed by atoms with Gasteiger partial charge in [0.05, 0.1) is 19.3 Å². The molecule has 10 nitrogen and oxygen atoms in total. The molecule has 2 aromatic rings. The van der Waals surface area contributed by atoms with Gasteiger partial charge in [-0.1, -0.05) is 35.9 Å². The smallest absolute Gasteiger partial charge is 0.246 e. The van der Waals surface area contributed by atoms with Crippen molar-refractivity contribution in [2.24, 2.45) is 5.73 Å². The fourth-order valence-corrected chi connectivity index (χ4v) is 5.39. The van der Waals surface area contributed by atoms with E-state index in [1.165, 1.54) is 4.90 Å². The zero-order valence-electron chi connectivity index (χ0n) is 23.5. The molecule has 0 bridgehead atoms. The Hall–Kier alpha value is -3.47. The molecule has 0 unspecified atom stereocenters. The van der Waals surface area contributed by atoms with Crippen LogP contribution in [0.4, 0.5) is 5.69 Å². The lowest BCUT2D eigenvalue weighted by Gasteiger charge is -2.37. The van der Waals surface area contributed by atoms with Crippen LogP contribution in [0.1, 0.15) is 42.9 Å². The number of aryl methyl sites for hydroxylation is 1. The molecule has 3 atom stereocenters. The Balaban J connectivity index is 1.47. The maximum Gasteiger partial charge on any atom is 0.246 e. The van der Waals surface area contributed by atoms with Gasteiger partial charge in [-0.25, -0.2) is 0 Å². The van der Waals surface area contributed by atoms with E-state index < -0.39 is 23.9 Å². The number of ether oxygens (including phenoxy) is 1. The van der Waals surface area contributed by atoms with Gasteiger partial charge in [-0.3, -0.25) is 19.2 Å². The molecule has 0 aromatic heterocycles. The largest absolute Gasteiger partial charge is 0.377 e. The zero-order chi connectivity index (χ0) is 29.5. The first-order chi connectivity index (χ1) is 19.7. The van der Waals surface area contributed by atoms with Gasteiger partial charge >= 0.3 is 0 Å². The van der Waals surface area contributed by atoms with Gasteiger partial charge in [-0.05, 0) is 61.7 Å². The third-order valence-corrected chi connectivity index (χ3v) is 8.05. The van der Waals surface area contributed by atoms with Crippen LogP contribution in [0.3, 0.4) is 0 Å². The molecule has 11 heteroatoms. The van der Waals surface area contributed by atoms with E-state index in [9.17, 15) is 19.2 Å². The number of halogens is 1. The highest BCUT2D eigenvalue weighted by molar-refractivity contribution is 6.31. The summed E-state index contributed by atoms with van der Waals surface area (Å²) in [6.45, 7) is 5.62. The summed E-state index contributed by atoms with van der Waals surface area (Å²) in [6.07, 6.45) is 0.551. The van der Waals surface area contributed by atoms with Crippen molar-refractivity contribution in [1.82, 2.24) is 15.1 Å². The fourth-order valence-electron chi connectivity index (χ4n) is 5.27. The van der Waals surface area contributed by atoms with Crippen molar-refractivity contribution in [1.29, 1.82) is 0 Å². The van der Waals surface area contributed by atoms with Crippen molar-refractivity contribution >= 4 is 40.9 Å². The zero-order valence-corrected chi connectivity index (χ0v) is 24.3. The molecule has 0 aliphatic carbocycles. The average molecular weight is 584 g/mol. The van der Waals surface area contributed by atoms with Gasteiger partial charge in [0.25, 0.3) is 0 Å². The van der Waals surface area contributed by atoms with Crippen molar-refractivity contribution in [3.05, 3.63) is 64.2 Å². The van der Waals surface area contributed by atoms with Crippen molar-refractivity contribution < 1.29 is 23.9 Å². The van der Waals surface area contributed by atoms with E-state index in [1.807, 2.05) is 38.1 Å². The Morgan fingerprint density at radius 3 is 2.46 bits per heavy atom. The first-order valence-corrected chi connectivity index (χ1v) is 14.4. The minimum atomic E-state index is -0.901. The highest BCUT2D eigenvalue weighted by atomic mass is 35.5. The molecule has 4 amide bonds. The number of carbonyl (C=O) groups excluding carboxylic acids is 4. The Kier molecular flexibility index (Phi) is 10.4. The number of carbonyl (C=O) groups is 4. The summed E-state index contributed by atoms with van der Waals surface area (Å²) < 4.78 is 5.41. The van der Waals surface area contributed by atoms with E-state index in [2.05, 4.69) is 10.6 Å². The second kappa shape index (κ2) is 13.9. The predicted molar refractivity (Wildman–Crippen MR) is 156 cm³/mol. The van der Waals surface area contributed by atoms with E-state index in [0.717, 1.165) is 16.7 Å². The van der Waals surface area contributed by atoms with Crippen molar-refractivity contribution in [3.63, 3.8) is 0 Å². The summed E-state index contributed by atoms with van der Waals surface area (Å²) in [4.78, 5) is 56.4. The van der Waals surface area contributed by atoms with Gasteiger partial charge in [0.15, 0.2) is 0 Å². The van der Waals surface area contributed by atoms with Crippen LogP contribution in [0.5, 0.6) is 0 Å². The number of anilines is 1. The van der Waals surface area contributed by atoms with E-state index >= 15 is 0 Å². The summed E-state index contributed by atoms with van der Waals surface area (Å²) >= 11 is 6.10. The molecular weight excluding hydrogens is 546 g/mol. The second-order valence-corrected chi connectivity index (χ2v) is 11.0. The first kappa shape index (κ1) is 30.5. The molecule has 0 spiro atoms. The Labute approximate surface area is 245 Å². The van der Waals surface area contributed by atoms with Crippen molar-refractivity contribution in [2.75, 3.05) is 31.6 Å². The average Bonchev–Trinajstić information content (AvgIpc) is 2.96. The van der Waals surface area contributed by atoms with Crippen LogP contribution in [0, 0.1) is 6.92 Å². The number of rotatable bonds is 9. The van der Waals surface area contributed by atoms with Gasteiger partial charge in [0.1, 0.15) is 12.1 Å². The molecule has 0 radical (unpaired) electrons. The van der Waals surface area contributed by atoms with Crippen LogP contribution in [-0.2, 0) is 36.9 Å². The minimum absolute atomic E-state index is 0.0164. The summed E-state index contributed by atoms with van der Waals surface area (Å²) in [6, 6.07) is 11.0. The number of nitrogens with two attached hydrogens (primary N) is 1. The van der Waals surface area contributed by atoms with Crippen LogP contribution in [0.15, 0.2) is 42.5 Å². The second-order valence-electron chi connectivity index (χ2n) is 10.6. The third-order valence-electron chi connectivity index (χ3n) is 7.63. The number of morpholine rings is 1. The lowest BCUT2D eigenvalue weighted by molar-refractivity contribution is -0.145. The highest BCUT2D eigenvalue weighted by Gasteiger charge is 2.36. The SMILES string of the molecule is Cc1cc(NC(=O)[C@H](CCN)NC(=O)[C@@H]2Cc3ccccc3CN2C(=O)CCC(=O)N2CCOC[C@@H]2C)ccc1Cl. The molecule has 1 saturated heterocycles. The van der Waals surface area contributed by atoms with Crippen molar-refractivity contribution in [3.8, 4) is 0 Å². The standard InChI is InChI=1S/C30H38ClN5O5/c1-19-15-23(7-8-24(19)31)33-29(39)25(11-12-32)34-30(40)26-16-21-5-3-4-6-22(21)17-36(26)28(38)10-9-27(37)35-13-14-41-18-20(35)2/h3-8,15,20,25-26H,9-14,16-18,32H2,1-2H3,(H,33,39)(H,34,40)/t20-,25-,26-/m0/s1. The number of nitrogens with zero attached hydrogens (tertiary/aromatic N) is 2. The van der Waals surface area contributed by atoms with Crippen LogP contribution in [0.25, 0.3) is 0 Å². The molecule has 1 fully saturated rings. The van der Waals surface area contributed by atoms with Crippen LogP contribution in [-0.4, -0.2) is 77.9 Å². The maximum absolute atomic E-state index is 13.7. The predicted octanol–water partition coefficient (Wildman–Crippen LogP) is 2.40. The van der Waals surface area contributed by atoms with E-state index in [4.69, 9.17) is 22.1 Å². The number of hydrogen-bond acceptors (Lipinski definition) is 6. The van der Waals surface area contributed by atoms with E-state index in [0.29, 0.717) is 36.9 Å². The lowest BCUT2D eigenvalue weighted by Crippen LogP contribution is -2.56. The quantitative estimate of drug-likeness (QED) is 0.415. The van der Waals surface area contributed by atoms with Gasteiger partial charge in [-0.15, -0.1) is 0 Å². The normalized spacial score (nSPS) is 19.2. The molecule has 41 heavy (non-hydrogen) atoms. The minimum Gasteiger partial charge on any atom is -0.377 e. The molecule has 2 aliphatic rings. The fraction of sp³-hybridized carbons (Fsp3) is 0.467. The van der Waals surface area contributed by atoms with Crippen LogP contribution in [0.2, 0.25) is 5.02 Å². The van der Waals surface area contributed by atoms with E-state index in [-0.39, 0.29) is 50.2 Å². The molecule has 220 valence electrons. The molecule has 2 aromatic carbocycles. The molecule has 0 saturated carbocycles. The molecule has 2 aliphatic heterocycles. The Morgan fingerprint density at radius 1 is 1.07 bits per heavy atom. The monoisotopic (exact) mass is 583 g/mol. The molecule has 2 heterocycles. The lowest BCUT2D eigenvalue weighted by atomic mass is 9.92. The third kappa shape index (κ3) is 7.63. The van der Waals surface area contributed by atoms with Crippen molar-refractivity contribution in [2.45, 2.75) is 64.2 Å². The summed E-state index contributed by atoms with van der Waals surface area (Å²) in [7, 11) is 0. The summed E-state index contributed by atoms with van der Waals surface area (Å²) in [5, 5.41) is 6.23. The van der Waals surface area contributed by atoms with Gasteiger partial charge < -0.3 is 30.9 Å². The van der Waals surface area contributed by atoms with Crippen LogP contribution < -0.4 is 16.4 Å². The molecule has 4 N–H and O–H groups in total. The Bertz CT molecular complexity index is 1290. The number of amides is 4. The number of fused-ring (bicyclic) bond motifs is 1. The summed E-state index contributed by atoms with van der Waals surface area (Å²) in [5.74, 6) is -1.25. The number of benzene rings is 2. The van der Waals surface area contributed by atoms with Gasteiger partial charge in [0.2, 0.25) is 23.6 Å².